The number of hydrogen-bond acceptors (Lipinski definition) is 4. The Hall–Kier alpha value is -1.29. The van der Waals surface area contributed by atoms with Gasteiger partial charge >= 0.3 is 5.97 Å². The third-order valence-electron chi connectivity index (χ3n) is 3.17. The molecule has 1 rings (SSSR count). The predicted molar refractivity (Wildman–Crippen MR) is 79.8 cm³/mol. The number of hydrogen-bond donors (Lipinski definition) is 0. The van der Waals surface area contributed by atoms with Crippen molar-refractivity contribution >= 4 is 5.97 Å². The molecule has 4 nitrogen and oxygen atoms in total. The van der Waals surface area contributed by atoms with Gasteiger partial charge in [-0.1, -0.05) is 26.7 Å². The van der Waals surface area contributed by atoms with Gasteiger partial charge in [0.2, 0.25) is 5.76 Å². The number of nitrogens with zero attached hydrogens (tertiary/aromatic N) is 1. The molecule has 0 atom stereocenters. The van der Waals surface area contributed by atoms with Crippen LogP contribution in [0.5, 0.6) is 0 Å². The van der Waals surface area contributed by atoms with Crippen molar-refractivity contribution in [2.75, 3.05) is 19.7 Å². The largest absolute Gasteiger partial charge is 0.460 e. The molecule has 1 aromatic rings. The Morgan fingerprint density at radius 1 is 1.15 bits per heavy atom. The van der Waals surface area contributed by atoms with Gasteiger partial charge in [-0.15, -0.1) is 0 Å². The number of ether oxygens (including phenoxy) is 1. The van der Waals surface area contributed by atoms with Gasteiger partial charge in [0.1, 0.15) is 5.76 Å². The van der Waals surface area contributed by atoms with Crippen LogP contribution in [-0.4, -0.2) is 30.6 Å². The van der Waals surface area contributed by atoms with Crippen LogP contribution in [0.3, 0.4) is 0 Å². The van der Waals surface area contributed by atoms with E-state index < -0.39 is 0 Å². The zero-order chi connectivity index (χ0) is 14.8. The van der Waals surface area contributed by atoms with Gasteiger partial charge in [-0.25, -0.2) is 4.79 Å². The highest BCUT2D eigenvalue weighted by Gasteiger charge is 2.14. The number of furan rings is 1. The van der Waals surface area contributed by atoms with Crippen LogP contribution in [0.4, 0.5) is 0 Å². The molecule has 0 aliphatic carbocycles. The Balaban J connectivity index is 2.56. The Kier molecular flexibility index (Phi) is 8.04. The maximum atomic E-state index is 11.6. The fourth-order valence-corrected chi connectivity index (χ4v) is 2.03. The molecule has 114 valence electrons. The molecule has 0 aromatic carbocycles. The van der Waals surface area contributed by atoms with Crippen LogP contribution in [0.25, 0.3) is 0 Å². The second-order valence-electron chi connectivity index (χ2n) is 4.97. The second kappa shape index (κ2) is 9.59. The molecule has 1 aromatic heterocycles. The van der Waals surface area contributed by atoms with E-state index in [0.29, 0.717) is 12.4 Å². The van der Waals surface area contributed by atoms with Crippen LogP contribution in [0, 0.1) is 0 Å². The molecule has 0 saturated heterocycles. The Bertz CT molecular complexity index is 379. The Morgan fingerprint density at radius 2 is 1.80 bits per heavy atom. The van der Waals surface area contributed by atoms with Crippen LogP contribution in [0.15, 0.2) is 16.5 Å². The molecule has 0 aliphatic rings. The first-order chi connectivity index (χ1) is 9.71. The fraction of sp³-hybridized carbons (Fsp3) is 0.688. The SMILES string of the molecule is CCCCN(CCCC)Cc1ccc(C(=O)OCC)o1. The Morgan fingerprint density at radius 3 is 2.35 bits per heavy atom. The Labute approximate surface area is 122 Å². The van der Waals surface area contributed by atoms with E-state index in [-0.39, 0.29) is 5.97 Å². The normalized spacial score (nSPS) is 11.0. The highest BCUT2D eigenvalue weighted by atomic mass is 16.5. The van der Waals surface area contributed by atoms with Crippen LogP contribution < -0.4 is 0 Å². The summed E-state index contributed by atoms with van der Waals surface area (Å²) in [5.41, 5.74) is 0. The average Bonchev–Trinajstić information content (AvgIpc) is 2.90. The lowest BCUT2D eigenvalue weighted by molar-refractivity contribution is 0.0486. The van der Waals surface area contributed by atoms with E-state index >= 15 is 0 Å². The van der Waals surface area contributed by atoms with Gasteiger partial charge in [-0.05, 0) is 45.0 Å². The zero-order valence-corrected chi connectivity index (χ0v) is 13.0. The first-order valence-electron chi connectivity index (χ1n) is 7.69. The summed E-state index contributed by atoms with van der Waals surface area (Å²) in [6.45, 7) is 9.47. The van der Waals surface area contributed by atoms with E-state index in [4.69, 9.17) is 9.15 Å². The maximum Gasteiger partial charge on any atom is 0.374 e. The molecule has 0 spiro atoms. The highest BCUT2D eigenvalue weighted by Crippen LogP contribution is 2.13. The average molecular weight is 281 g/mol. The molecule has 1 heterocycles. The summed E-state index contributed by atoms with van der Waals surface area (Å²) in [6.07, 6.45) is 4.76. The van der Waals surface area contributed by atoms with Crippen molar-refractivity contribution in [3.63, 3.8) is 0 Å². The molecule has 0 bridgehead atoms. The van der Waals surface area contributed by atoms with Gasteiger partial charge in [-0.3, -0.25) is 4.90 Å². The van der Waals surface area contributed by atoms with Crippen molar-refractivity contribution in [3.05, 3.63) is 23.7 Å². The number of carbonyl (C=O) groups excluding carboxylic acids is 1. The molecule has 0 saturated carbocycles. The number of carbonyl (C=O) groups is 1. The van der Waals surface area contributed by atoms with Gasteiger partial charge < -0.3 is 9.15 Å². The van der Waals surface area contributed by atoms with E-state index in [0.717, 1.165) is 25.4 Å². The predicted octanol–water partition coefficient (Wildman–Crippen LogP) is 3.86. The van der Waals surface area contributed by atoms with Crippen LogP contribution in [0.1, 0.15) is 62.8 Å². The van der Waals surface area contributed by atoms with Crippen LogP contribution in [-0.2, 0) is 11.3 Å². The lowest BCUT2D eigenvalue weighted by Crippen LogP contribution is -2.25. The topological polar surface area (TPSA) is 42.7 Å². The monoisotopic (exact) mass is 281 g/mol. The highest BCUT2D eigenvalue weighted by molar-refractivity contribution is 5.86. The van der Waals surface area contributed by atoms with Gasteiger partial charge in [0, 0.05) is 0 Å². The van der Waals surface area contributed by atoms with Crippen molar-refractivity contribution in [1.29, 1.82) is 0 Å². The summed E-state index contributed by atoms with van der Waals surface area (Å²) < 4.78 is 10.5. The van der Waals surface area contributed by atoms with Crippen LogP contribution in [0.2, 0.25) is 0 Å². The molecule has 0 unspecified atom stereocenters. The third kappa shape index (κ3) is 5.78. The van der Waals surface area contributed by atoms with E-state index in [9.17, 15) is 4.79 Å². The van der Waals surface area contributed by atoms with Crippen molar-refractivity contribution < 1.29 is 13.9 Å². The molecule has 4 heteroatoms. The molecular weight excluding hydrogens is 254 g/mol. The smallest absolute Gasteiger partial charge is 0.374 e. The minimum Gasteiger partial charge on any atom is -0.460 e. The van der Waals surface area contributed by atoms with Gasteiger partial charge in [0.15, 0.2) is 0 Å². The zero-order valence-electron chi connectivity index (χ0n) is 13.0. The molecule has 0 N–H and O–H groups in total. The summed E-state index contributed by atoms with van der Waals surface area (Å²) in [5, 5.41) is 0. The van der Waals surface area contributed by atoms with Gasteiger partial charge in [0.25, 0.3) is 0 Å². The molecule has 0 aliphatic heterocycles. The summed E-state index contributed by atoms with van der Waals surface area (Å²) in [5.74, 6) is 0.750. The fourth-order valence-electron chi connectivity index (χ4n) is 2.03. The van der Waals surface area contributed by atoms with Crippen molar-refractivity contribution in [2.24, 2.45) is 0 Å². The summed E-state index contributed by atoms with van der Waals surface area (Å²) in [7, 11) is 0. The number of rotatable bonds is 10. The molecule has 0 radical (unpaired) electrons. The van der Waals surface area contributed by atoms with Crippen molar-refractivity contribution in [1.82, 2.24) is 4.90 Å². The minimum absolute atomic E-state index is 0.299. The lowest BCUT2D eigenvalue weighted by atomic mass is 10.2. The summed E-state index contributed by atoms with van der Waals surface area (Å²) >= 11 is 0. The molecular formula is C16H27NO3. The van der Waals surface area contributed by atoms with Crippen LogP contribution >= 0.6 is 0 Å². The molecule has 0 amide bonds. The quantitative estimate of drug-likeness (QED) is 0.611. The summed E-state index contributed by atoms with van der Waals surface area (Å²) in [4.78, 5) is 13.9. The lowest BCUT2D eigenvalue weighted by Gasteiger charge is -2.20. The standard InChI is InChI=1S/C16H27NO3/c1-4-7-11-17(12-8-5-2)13-14-9-10-15(20-14)16(18)19-6-3/h9-10H,4-8,11-13H2,1-3H3. The first-order valence-corrected chi connectivity index (χ1v) is 7.69. The number of esters is 1. The van der Waals surface area contributed by atoms with Crippen molar-refractivity contribution in [2.45, 2.75) is 53.0 Å². The first kappa shape index (κ1) is 16.8. The summed E-state index contributed by atoms with van der Waals surface area (Å²) in [6, 6.07) is 3.57. The second-order valence-corrected chi connectivity index (χ2v) is 4.97. The van der Waals surface area contributed by atoms with Gasteiger partial charge in [0.05, 0.1) is 13.2 Å². The third-order valence-corrected chi connectivity index (χ3v) is 3.17. The van der Waals surface area contributed by atoms with E-state index in [2.05, 4.69) is 18.7 Å². The molecule has 20 heavy (non-hydrogen) atoms. The van der Waals surface area contributed by atoms with E-state index in [1.807, 2.05) is 6.07 Å². The van der Waals surface area contributed by atoms with E-state index in [1.165, 1.54) is 25.7 Å². The maximum absolute atomic E-state index is 11.6. The minimum atomic E-state index is -0.382. The molecule has 0 fully saturated rings. The van der Waals surface area contributed by atoms with E-state index in [1.54, 1.807) is 13.0 Å². The van der Waals surface area contributed by atoms with Gasteiger partial charge in [-0.2, -0.15) is 0 Å². The van der Waals surface area contributed by atoms with Crippen molar-refractivity contribution in [3.8, 4) is 0 Å². The number of unbranched alkanes of at least 4 members (excludes halogenated alkanes) is 2.